The zero-order valence-electron chi connectivity index (χ0n) is 9.43. The third kappa shape index (κ3) is 2.80. The molecule has 4 heteroatoms. The van der Waals surface area contributed by atoms with Crippen LogP contribution in [0, 0.1) is 11.3 Å². The highest BCUT2D eigenvalue weighted by molar-refractivity contribution is 5.78. The average molecular weight is 218 g/mol. The third-order valence-corrected chi connectivity index (χ3v) is 2.27. The van der Waals surface area contributed by atoms with Crippen LogP contribution < -0.4 is 0 Å². The van der Waals surface area contributed by atoms with Crippen molar-refractivity contribution in [3.8, 4) is 6.07 Å². The summed E-state index contributed by atoms with van der Waals surface area (Å²) in [5, 5.41) is 8.75. The molecule has 0 radical (unpaired) electrons. The molecular formula is C12H14N2O2. The number of rotatable bonds is 4. The lowest BCUT2D eigenvalue weighted by molar-refractivity contribution is -0.145. The molecule has 4 nitrogen and oxygen atoms in total. The Morgan fingerprint density at radius 3 is 2.88 bits per heavy atom. The van der Waals surface area contributed by atoms with Crippen LogP contribution in [-0.2, 0) is 9.53 Å². The number of aromatic nitrogens is 1. The van der Waals surface area contributed by atoms with E-state index in [1.54, 1.807) is 19.2 Å². The van der Waals surface area contributed by atoms with Gasteiger partial charge in [0.05, 0.1) is 18.1 Å². The van der Waals surface area contributed by atoms with Gasteiger partial charge in [0.2, 0.25) is 0 Å². The number of pyridine rings is 1. The highest BCUT2D eigenvalue weighted by Gasteiger charge is 2.20. The number of hydrogen-bond donors (Lipinski definition) is 0. The minimum absolute atomic E-state index is 0.262. The maximum Gasteiger partial charge on any atom is 0.313 e. The van der Waals surface area contributed by atoms with Crippen molar-refractivity contribution in [3.63, 3.8) is 0 Å². The van der Waals surface area contributed by atoms with Gasteiger partial charge in [0.25, 0.3) is 0 Å². The molecule has 0 amide bonds. The minimum atomic E-state index is -0.333. The molecule has 84 valence electrons. The smallest absolute Gasteiger partial charge is 0.313 e. The van der Waals surface area contributed by atoms with Gasteiger partial charge in [0.15, 0.2) is 0 Å². The number of nitriles is 1. The van der Waals surface area contributed by atoms with Crippen LogP contribution in [0.2, 0.25) is 0 Å². The first kappa shape index (κ1) is 12.2. The van der Waals surface area contributed by atoms with Crippen molar-refractivity contribution in [1.29, 1.82) is 5.26 Å². The van der Waals surface area contributed by atoms with Gasteiger partial charge in [-0.15, -0.1) is 0 Å². The first-order valence-electron chi connectivity index (χ1n) is 5.24. The minimum Gasteiger partial charge on any atom is -0.466 e. The highest BCUT2D eigenvalue weighted by Crippen LogP contribution is 2.21. The molecule has 0 saturated carbocycles. The Kier molecular flexibility index (Phi) is 4.46. The molecule has 0 aliphatic rings. The van der Waals surface area contributed by atoms with Crippen LogP contribution in [0.3, 0.4) is 0 Å². The fourth-order valence-electron chi connectivity index (χ4n) is 1.49. The second-order valence-electron chi connectivity index (χ2n) is 3.33. The Morgan fingerprint density at radius 1 is 1.56 bits per heavy atom. The van der Waals surface area contributed by atoms with Crippen LogP contribution in [0.5, 0.6) is 0 Å². The summed E-state index contributed by atoms with van der Waals surface area (Å²) in [6.45, 7) is 4.04. The van der Waals surface area contributed by atoms with E-state index in [9.17, 15) is 4.79 Å². The number of carbonyl (C=O) groups excluding carboxylic acids is 1. The van der Waals surface area contributed by atoms with Gasteiger partial charge in [-0.3, -0.25) is 9.78 Å². The van der Waals surface area contributed by atoms with Gasteiger partial charge >= 0.3 is 5.97 Å². The zero-order valence-corrected chi connectivity index (χ0v) is 9.43. The fourth-order valence-corrected chi connectivity index (χ4v) is 1.49. The van der Waals surface area contributed by atoms with Crippen LogP contribution in [-0.4, -0.2) is 17.6 Å². The van der Waals surface area contributed by atoms with Crippen LogP contribution in [0.15, 0.2) is 18.5 Å². The molecule has 16 heavy (non-hydrogen) atoms. The van der Waals surface area contributed by atoms with Gasteiger partial charge in [-0.05, 0) is 25.0 Å². The van der Waals surface area contributed by atoms with Crippen molar-refractivity contribution in [2.75, 3.05) is 6.61 Å². The van der Waals surface area contributed by atoms with Crippen LogP contribution >= 0.6 is 0 Å². The summed E-state index contributed by atoms with van der Waals surface area (Å²) in [6.07, 6.45) is 3.71. The predicted molar refractivity (Wildman–Crippen MR) is 58.6 cm³/mol. The van der Waals surface area contributed by atoms with Gasteiger partial charge < -0.3 is 4.74 Å². The van der Waals surface area contributed by atoms with E-state index in [1.807, 2.05) is 13.0 Å². The van der Waals surface area contributed by atoms with Crippen LogP contribution in [0.25, 0.3) is 0 Å². The SMILES string of the molecule is CCOC(=O)C(CC)c1cncc(C#N)c1. The molecule has 0 aliphatic carbocycles. The zero-order chi connectivity index (χ0) is 12.0. The molecule has 0 aliphatic heterocycles. The van der Waals surface area contributed by atoms with Crippen molar-refractivity contribution in [3.05, 3.63) is 29.6 Å². The lowest BCUT2D eigenvalue weighted by atomic mass is 9.97. The summed E-state index contributed by atoms with van der Waals surface area (Å²) in [7, 11) is 0. The Balaban J connectivity index is 2.95. The number of carbonyl (C=O) groups is 1. The van der Waals surface area contributed by atoms with Crippen LogP contribution in [0.1, 0.15) is 37.3 Å². The van der Waals surface area contributed by atoms with E-state index in [-0.39, 0.29) is 11.9 Å². The average Bonchev–Trinajstić information content (AvgIpc) is 2.31. The predicted octanol–water partition coefficient (Wildman–Crippen LogP) is 2.01. The summed E-state index contributed by atoms with van der Waals surface area (Å²) < 4.78 is 4.97. The molecule has 0 spiro atoms. The molecule has 1 heterocycles. The number of ether oxygens (including phenoxy) is 1. The molecule has 0 saturated heterocycles. The fraction of sp³-hybridized carbons (Fsp3) is 0.417. The highest BCUT2D eigenvalue weighted by atomic mass is 16.5. The van der Waals surface area contributed by atoms with E-state index < -0.39 is 0 Å². The van der Waals surface area contributed by atoms with E-state index in [4.69, 9.17) is 10.00 Å². The molecule has 1 unspecified atom stereocenters. The monoisotopic (exact) mass is 218 g/mol. The van der Waals surface area contributed by atoms with Gasteiger partial charge in [-0.1, -0.05) is 6.92 Å². The third-order valence-electron chi connectivity index (χ3n) is 2.27. The Bertz CT molecular complexity index is 410. The topological polar surface area (TPSA) is 63.0 Å². The van der Waals surface area contributed by atoms with Crippen molar-refractivity contribution in [2.24, 2.45) is 0 Å². The first-order valence-corrected chi connectivity index (χ1v) is 5.24. The summed E-state index contributed by atoms with van der Waals surface area (Å²) in [4.78, 5) is 15.6. The Hall–Kier alpha value is -1.89. The van der Waals surface area contributed by atoms with Crippen molar-refractivity contribution in [1.82, 2.24) is 4.98 Å². The quantitative estimate of drug-likeness (QED) is 0.725. The maximum atomic E-state index is 11.6. The Morgan fingerprint density at radius 2 is 2.31 bits per heavy atom. The molecule has 0 N–H and O–H groups in total. The summed E-state index contributed by atoms with van der Waals surface area (Å²) in [6, 6.07) is 3.68. The van der Waals surface area contributed by atoms with Gasteiger partial charge in [-0.25, -0.2) is 0 Å². The summed E-state index contributed by atoms with van der Waals surface area (Å²) >= 11 is 0. The number of hydrogen-bond acceptors (Lipinski definition) is 4. The van der Waals surface area contributed by atoms with E-state index in [0.717, 1.165) is 5.56 Å². The van der Waals surface area contributed by atoms with Gasteiger partial charge in [0, 0.05) is 12.4 Å². The summed E-state index contributed by atoms with van der Waals surface area (Å²) in [5.41, 5.74) is 1.19. The summed E-state index contributed by atoms with van der Waals surface area (Å²) in [5.74, 6) is -0.595. The lowest BCUT2D eigenvalue weighted by Gasteiger charge is -2.13. The van der Waals surface area contributed by atoms with Gasteiger partial charge in [0.1, 0.15) is 6.07 Å². The van der Waals surface area contributed by atoms with Crippen LogP contribution in [0.4, 0.5) is 0 Å². The van der Waals surface area contributed by atoms with E-state index in [1.165, 1.54) is 6.20 Å². The lowest BCUT2D eigenvalue weighted by Crippen LogP contribution is -2.15. The Labute approximate surface area is 94.9 Å². The van der Waals surface area contributed by atoms with Gasteiger partial charge in [-0.2, -0.15) is 5.26 Å². The molecule has 1 aromatic heterocycles. The number of esters is 1. The largest absolute Gasteiger partial charge is 0.466 e. The molecule has 1 rings (SSSR count). The molecule has 0 fully saturated rings. The molecule has 0 aromatic carbocycles. The first-order chi connectivity index (χ1) is 7.72. The van der Waals surface area contributed by atoms with Crippen molar-refractivity contribution >= 4 is 5.97 Å². The second kappa shape index (κ2) is 5.86. The van der Waals surface area contributed by atoms with E-state index in [2.05, 4.69) is 4.98 Å². The van der Waals surface area contributed by atoms with Crippen molar-refractivity contribution in [2.45, 2.75) is 26.2 Å². The standard InChI is InChI=1S/C12H14N2O2/c1-3-11(12(15)16-4-2)10-5-9(6-13)7-14-8-10/h5,7-8,11H,3-4H2,1-2H3. The molecule has 1 atom stereocenters. The van der Waals surface area contributed by atoms with Crippen molar-refractivity contribution < 1.29 is 9.53 Å². The molecule has 0 bridgehead atoms. The van der Waals surface area contributed by atoms with E-state index in [0.29, 0.717) is 18.6 Å². The normalized spacial score (nSPS) is 11.6. The van der Waals surface area contributed by atoms with E-state index >= 15 is 0 Å². The molecule has 1 aromatic rings. The molecular weight excluding hydrogens is 204 g/mol. The second-order valence-corrected chi connectivity index (χ2v) is 3.33. The maximum absolute atomic E-state index is 11.6. The number of nitrogens with zero attached hydrogens (tertiary/aromatic N) is 2.